The zero-order chi connectivity index (χ0) is 19.0. The largest absolute Gasteiger partial charge is 0.506 e. The van der Waals surface area contributed by atoms with Crippen LogP contribution < -0.4 is 0 Å². The molecule has 0 bridgehead atoms. The van der Waals surface area contributed by atoms with Gasteiger partial charge in [-0.3, -0.25) is 4.40 Å². The Morgan fingerprint density at radius 1 is 0.852 bits per heavy atom. The molecule has 0 spiro atoms. The number of phenols is 1. The number of benzene rings is 2. The number of fused-ring (bicyclic) bond motifs is 1. The summed E-state index contributed by atoms with van der Waals surface area (Å²) in [4.78, 5) is 4.56. The molecule has 0 radical (unpaired) electrons. The van der Waals surface area contributed by atoms with E-state index < -0.39 is 0 Å². The van der Waals surface area contributed by atoms with E-state index in [0.29, 0.717) is 22.8 Å². The predicted molar refractivity (Wildman–Crippen MR) is 104 cm³/mol. The summed E-state index contributed by atoms with van der Waals surface area (Å²) in [7, 11) is 0. The van der Waals surface area contributed by atoms with Crippen LogP contribution in [0.25, 0.3) is 16.9 Å². The average Bonchev–Trinajstić information content (AvgIpc) is 3.03. The molecule has 0 atom stereocenters. The fourth-order valence-corrected chi connectivity index (χ4v) is 2.86. The monoisotopic (exact) mass is 358 g/mol. The van der Waals surface area contributed by atoms with E-state index in [1.54, 1.807) is 40.9 Å². The molecule has 0 aliphatic rings. The van der Waals surface area contributed by atoms with Crippen molar-refractivity contribution in [2.45, 2.75) is 13.8 Å². The Labute approximate surface area is 156 Å². The maximum Gasteiger partial charge on any atom is 0.187 e. The lowest BCUT2D eigenvalue weighted by atomic mass is 10.1. The van der Waals surface area contributed by atoms with Gasteiger partial charge in [0.15, 0.2) is 17.2 Å². The van der Waals surface area contributed by atoms with Crippen LogP contribution in [0.3, 0.4) is 0 Å². The molecule has 2 aromatic heterocycles. The third-order valence-corrected chi connectivity index (χ3v) is 4.31. The average molecular weight is 358 g/mol. The molecule has 0 fully saturated rings. The first kappa shape index (κ1) is 16.8. The Morgan fingerprint density at radius 3 is 2.37 bits per heavy atom. The molecule has 2 aromatic carbocycles. The number of phenolic OH excluding ortho intramolecular Hbond substituents is 1. The summed E-state index contributed by atoms with van der Waals surface area (Å²) < 4.78 is 1.68. The minimum atomic E-state index is 0.0536. The molecule has 0 aliphatic carbocycles. The van der Waals surface area contributed by atoms with Gasteiger partial charge in [-0.05, 0) is 43.7 Å². The topological polar surface area (TPSA) is 82.5 Å². The van der Waals surface area contributed by atoms with Gasteiger partial charge in [-0.1, -0.05) is 35.9 Å². The number of pyridine rings is 1. The van der Waals surface area contributed by atoms with Crippen LogP contribution in [0.5, 0.6) is 11.5 Å². The van der Waals surface area contributed by atoms with Gasteiger partial charge in [0.25, 0.3) is 0 Å². The number of aryl methyl sites for hydroxylation is 2. The zero-order valence-corrected chi connectivity index (χ0v) is 15.0. The standard InChI is InChI=1S/C21H18N4O2/c1-13-5-8-15(9-6-13)19-21(25-11-3-4-18(27)20(25)22-19)24-23-16-12-14(2)7-10-17(16)26/h3-12,26-27H,1-2H3. The number of hydrogen-bond acceptors (Lipinski definition) is 5. The van der Waals surface area contributed by atoms with Crippen molar-refractivity contribution in [3.05, 3.63) is 71.9 Å². The lowest BCUT2D eigenvalue weighted by Crippen LogP contribution is -1.83. The molecule has 0 aliphatic heterocycles. The highest BCUT2D eigenvalue weighted by molar-refractivity contribution is 5.76. The van der Waals surface area contributed by atoms with Gasteiger partial charge >= 0.3 is 0 Å². The van der Waals surface area contributed by atoms with E-state index in [0.717, 1.165) is 16.7 Å². The molecule has 4 aromatic rings. The first-order chi connectivity index (χ1) is 13.0. The van der Waals surface area contributed by atoms with Crippen LogP contribution in [-0.4, -0.2) is 19.6 Å². The lowest BCUT2D eigenvalue weighted by molar-refractivity contribution is 0.476. The minimum absolute atomic E-state index is 0.0536. The van der Waals surface area contributed by atoms with Crippen LogP contribution in [0.1, 0.15) is 11.1 Å². The van der Waals surface area contributed by atoms with Gasteiger partial charge in [-0.25, -0.2) is 4.98 Å². The maximum atomic E-state index is 10.2. The second-order valence-corrected chi connectivity index (χ2v) is 6.43. The third-order valence-electron chi connectivity index (χ3n) is 4.31. The molecule has 27 heavy (non-hydrogen) atoms. The second kappa shape index (κ2) is 6.57. The van der Waals surface area contributed by atoms with Gasteiger partial charge in [0.1, 0.15) is 17.1 Å². The lowest BCUT2D eigenvalue weighted by Gasteiger charge is -2.02. The van der Waals surface area contributed by atoms with Crippen molar-refractivity contribution in [1.29, 1.82) is 0 Å². The highest BCUT2D eigenvalue weighted by Gasteiger charge is 2.16. The fraction of sp³-hybridized carbons (Fsp3) is 0.0952. The maximum absolute atomic E-state index is 10.2. The fourth-order valence-electron chi connectivity index (χ4n) is 2.86. The first-order valence-corrected chi connectivity index (χ1v) is 8.51. The molecule has 2 N–H and O–H groups in total. The van der Waals surface area contributed by atoms with Crippen molar-refractivity contribution in [3.8, 4) is 22.8 Å². The van der Waals surface area contributed by atoms with Gasteiger partial charge in [-0.15, -0.1) is 10.2 Å². The smallest absolute Gasteiger partial charge is 0.187 e. The van der Waals surface area contributed by atoms with Crippen LogP contribution >= 0.6 is 0 Å². The van der Waals surface area contributed by atoms with Crippen LogP contribution in [0, 0.1) is 13.8 Å². The summed E-state index contributed by atoms with van der Waals surface area (Å²) in [6.45, 7) is 3.93. The van der Waals surface area contributed by atoms with E-state index in [4.69, 9.17) is 0 Å². The quantitative estimate of drug-likeness (QED) is 0.478. The van der Waals surface area contributed by atoms with Gasteiger partial charge in [0, 0.05) is 11.8 Å². The summed E-state index contributed by atoms with van der Waals surface area (Å²) >= 11 is 0. The van der Waals surface area contributed by atoms with Gasteiger partial charge < -0.3 is 10.2 Å². The van der Waals surface area contributed by atoms with Crippen LogP contribution in [0.15, 0.2) is 71.0 Å². The summed E-state index contributed by atoms with van der Waals surface area (Å²) in [6, 6.07) is 16.3. The summed E-state index contributed by atoms with van der Waals surface area (Å²) in [5, 5.41) is 28.8. The van der Waals surface area contributed by atoms with Crippen molar-refractivity contribution in [2.24, 2.45) is 10.2 Å². The zero-order valence-electron chi connectivity index (χ0n) is 15.0. The van der Waals surface area contributed by atoms with Gasteiger partial charge in [0.2, 0.25) is 0 Å². The number of azo groups is 1. The van der Waals surface area contributed by atoms with E-state index in [-0.39, 0.29) is 11.5 Å². The van der Waals surface area contributed by atoms with Crippen molar-refractivity contribution in [3.63, 3.8) is 0 Å². The molecule has 6 nitrogen and oxygen atoms in total. The molecule has 0 saturated heterocycles. The van der Waals surface area contributed by atoms with E-state index in [1.165, 1.54) is 0 Å². The van der Waals surface area contributed by atoms with E-state index in [1.807, 2.05) is 38.1 Å². The minimum Gasteiger partial charge on any atom is -0.506 e. The Morgan fingerprint density at radius 2 is 1.59 bits per heavy atom. The van der Waals surface area contributed by atoms with Crippen LogP contribution in [-0.2, 0) is 0 Å². The summed E-state index contributed by atoms with van der Waals surface area (Å²) in [6.07, 6.45) is 1.77. The Bertz CT molecular complexity index is 1160. The Kier molecular flexibility index (Phi) is 4.08. The third kappa shape index (κ3) is 3.13. The molecule has 0 unspecified atom stereocenters. The number of hydrogen-bond donors (Lipinski definition) is 2. The van der Waals surface area contributed by atoms with Crippen molar-refractivity contribution < 1.29 is 10.2 Å². The van der Waals surface area contributed by atoms with Crippen molar-refractivity contribution in [2.75, 3.05) is 0 Å². The number of nitrogens with zero attached hydrogens (tertiary/aromatic N) is 4. The Hall–Kier alpha value is -3.67. The molecule has 134 valence electrons. The van der Waals surface area contributed by atoms with Gasteiger partial charge in [0.05, 0.1) is 0 Å². The van der Waals surface area contributed by atoms with E-state index in [2.05, 4.69) is 15.2 Å². The van der Waals surface area contributed by atoms with E-state index >= 15 is 0 Å². The second-order valence-electron chi connectivity index (χ2n) is 6.43. The Balaban J connectivity index is 1.91. The molecule has 0 amide bonds. The molecule has 0 saturated carbocycles. The predicted octanol–water partition coefficient (Wildman–Crippen LogP) is 5.44. The van der Waals surface area contributed by atoms with Crippen molar-refractivity contribution >= 4 is 17.2 Å². The first-order valence-electron chi connectivity index (χ1n) is 8.51. The SMILES string of the molecule is Cc1ccc(-c2nc3c(O)cccn3c2N=Nc2cc(C)ccc2O)cc1. The summed E-state index contributed by atoms with van der Waals surface area (Å²) in [5.74, 6) is 0.592. The van der Waals surface area contributed by atoms with E-state index in [9.17, 15) is 10.2 Å². The van der Waals surface area contributed by atoms with Crippen LogP contribution in [0.4, 0.5) is 11.5 Å². The van der Waals surface area contributed by atoms with Crippen LogP contribution in [0.2, 0.25) is 0 Å². The number of aromatic nitrogens is 2. The molecule has 2 heterocycles. The molecule has 4 rings (SSSR count). The summed E-state index contributed by atoms with van der Waals surface area (Å²) in [5.41, 5.74) is 4.35. The highest BCUT2D eigenvalue weighted by atomic mass is 16.3. The highest BCUT2D eigenvalue weighted by Crippen LogP contribution is 2.36. The number of aromatic hydroxyl groups is 2. The van der Waals surface area contributed by atoms with Gasteiger partial charge in [-0.2, -0.15) is 0 Å². The molecular formula is C21H18N4O2. The molecular weight excluding hydrogens is 340 g/mol. The normalized spacial score (nSPS) is 11.5. The number of imidazole rings is 1. The molecule has 6 heteroatoms. The number of rotatable bonds is 3. The van der Waals surface area contributed by atoms with Crippen molar-refractivity contribution in [1.82, 2.24) is 9.38 Å².